The van der Waals surface area contributed by atoms with Crippen LogP contribution in [0.1, 0.15) is 13.3 Å². The molecule has 0 aromatic rings. The fraction of sp³-hybridized carbons (Fsp3) is 0.400. The van der Waals surface area contributed by atoms with E-state index in [0.717, 1.165) is 0 Å². The molecule has 8 heavy (non-hydrogen) atoms. The fourth-order valence-corrected chi connectivity index (χ4v) is 0.212. The number of rotatable bonds is 2. The lowest BCUT2D eigenvalue weighted by Crippen LogP contribution is -2.04. The lowest BCUT2D eigenvalue weighted by atomic mass is 10.2. The second-order valence-corrected chi connectivity index (χ2v) is 1.44. The summed E-state index contributed by atoms with van der Waals surface area (Å²) in [5.41, 5.74) is 0.277. The first-order valence-corrected chi connectivity index (χ1v) is 2.18. The second-order valence-electron chi connectivity index (χ2n) is 1.44. The van der Waals surface area contributed by atoms with Gasteiger partial charge in [-0.25, -0.2) is 0 Å². The van der Waals surface area contributed by atoms with Crippen LogP contribution in [0.5, 0.6) is 0 Å². The molecule has 0 saturated carbocycles. The van der Waals surface area contributed by atoms with Crippen LogP contribution in [-0.2, 0) is 0 Å². The quantitative estimate of drug-likeness (QED) is 0.509. The van der Waals surface area contributed by atoms with Crippen LogP contribution in [-0.4, -0.2) is 11.4 Å². The first kappa shape index (κ1) is 6.83. The normalized spacial score (nSPS) is 7.50. The van der Waals surface area contributed by atoms with Gasteiger partial charge in [0.2, 0.25) is 0 Å². The molecule has 0 amide bonds. The summed E-state index contributed by atoms with van der Waals surface area (Å²) in [6.07, 6.45) is 0.0509. The SMILES string of the molecule is CC(=N)C(=N)CC#N. The van der Waals surface area contributed by atoms with Gasteiger partial charge in [-0.2, -0.15) is 5.26 Å². The first-order valence-electron chi connectivity index (χ1n) is 2.18. The van der Waals surface area contributed by atoms with E-state index in [-0.39, 0.29) is 17.8 Å². The van der Waals surface area contributed by atoms with Gasteiger partial charge in [-0.3, -0.25) is 0 Å². The van der Waals surface area contributed by atoms with E-state index in [1.807, 2.05) is 0 Å². The van der Waals surface area contributed by atoms with E-state index in [0.29, 0.717) is 0 Å². The van der Waals surface area contributed by atoms with E-state index in [2.05, 4.69) is 0 Å². The summed E-state index contributed by atoms with van der Waals surface area (Å²) < 4.78 is 0. The highest BCUT2D eigenvalue weighted by atomic mass is 14.5. The van der Waals surface area contributed by atoms with E-state index in [1.54, 1.807) is 6.07 Å². The Hall–Kier alpha value is -1.17. The van der Waals surface area contributed by atoms with Crippen LogP contribution in [0.2, 0.25) is 0 Å². The van der Waals surface area contributed by atoms with Crippen molar-refractivity contribution in [3.8, 4) is 6.07 Å². The van der Waals surface area contributed by atoms with Crippen LogP contribution in [0.4, 0.5) is 0 Å². The summed E-state index contributed by atoms with van der Waals surface area (Å²) in [4.78, 5) is 0. The Morgan fingerprint density at radius 3 is 2.25 bits per heavy atom. The fourth-order valence-electron chi connectivity index (χ4n) is 0.212. The Labute approximate surface area is 48.0 Å². The van der Waals surface area contributed by atoms with E-state index < -0.39 is 0 Å². The van der Waals surface area contributed by atoms with Crippen molar-refractivity contribution >= 4 is 11.4 Å². The van der Waals surface area contributed by atoms with Crippen molar-refractivity contribution in [2.24, 2.45) is 0 Å². The Bertz CT molecular complexity index is 152. The van der Waals surface area contributed by atoms with Crippen LogP contribution in [0.15, 0.2) is 0 Å². The average molecular weight is 109 g/mol. The summed E-state index contributed by atoms with van der Waals surface area (Å²) >= 11 is 0. The van der Waals surface area contributed by atoms with Crippen LogP contribution < -0.4 is 0 Å². The summed E-state index contributed by atoms with van der Waals surface area (Å²) in [6, 6.07) is 1.78. The minimum atomic E-state index is 0.0509. The van der Waals surface area contributed by atoms with Gasteiger partial charge in [0.15, 0.2) is 0 Å². The molecule has 0 aliphatic heterocycles. The molecule has 3 nitrogen and oxygen atoms in total. The molecule has 3 heteroatoms. The molecule has 0 atom stereocenters. The number of hydrogen-bond donors (Lipinski definition) is 2. The monoisotopic (exact) mass is 109 g/mol. The highest BCUT2D eigenvalue weighted by Gasteiger charge is 1.94. The van der Waals surface area contributed by atoms with Gasteiger partial charge in [-0.1, -0.05) is 0 Å². The smallest absolute Gasteiger partial charge is 0.0785 e. The van der Waals surface area contributed by atoms with Gasteiger partial charge in [-0.15, -0.1) is 0 Å². The van der Waals surface area contributed by atoms with Crippen molar-refractivity contribution in [2.75, 3.05) is 0 Å². The third kappa shape index (κ3) is 2.08. The molecule has 0 saturated heterocycles. The molecule has 0 unspecified atom stereocenters. The predicted molar refractivity (Wildman–Crippen MR) is 31.4 cm³/mol. The highest BCUT2D eigenvalue weighted by molar-refractivity contribution is 6.39. The average Bonchev–Trinajstić information content (AvgIpc) is 1.67. The molecule has 0 bridgehead atoms. The lowest BCUT2D eigenvalue weighted by molar-refractivity contribution is 1.35. The molecule has 0 fully saturated rings. The van der Waals surface area contributed by atoms with Crippen molar-refractivity contribution in [1.29, 1.82) is 16.1 Å². The molecular weight excluding hydrogens is 102 g/mol. The van der Waals surface area contributed by atoms with Gasteiger partial charge in [-0.05, 0) is 6.92 Å². The van der Waals surface area contributed by atoms with Gasteiger partial charge in [0.25, 0.3) is 0 Å². The van der Waals surface area contributed by atoms with E-state index >= 15 is 0 Å². The summed E-state index contributed by atoms with van der Waals surface area (Å²) in [5, 5.41) is 21.7. The van der Waals surface area contributed by atoms with Crippen molar-refractivity contribution in [1.82, 2.24) is 0 Å². The summed E-state index contributed by atoms with van der Waals surface area (Å²) in [7, 11) is 0. The molecule has 0 spiro atoms. The van der Waals surface area contributed by atoms with Crippen LogP contribution >= 0.6 is 0 Å². The minimum Gasteiger partial charge on any atom is -0.304 e. The largest absolute Gasteiger partial charge is 0.304 e. The molecule has 2 N–H and O–H groups in total. The Morgan fingerprint density at radius 1 is 1.62 bits per heavy atom. The van der Waals surface area contributed by atoms with E-state index in [9.17, 15) is 0 Å². The van der Waals surface area contributed by atoms with Crippen LogP contribution in [0.25, 0.3) is 0 Å². The first-order chi connectivity index (χ1) is 3.68. The van der Waals surface area contributed by atoms with Crippen molar-refractivity contribution < 1.29 is 0 Å². The number of nitriles is 1. The number of nitrogens with zero attached hydrogens (tertiary/aromatic N) is 1. The standard InChI is InChI=1S/C5H7N3/c1-4(7)5(8)2-3-6/h7-8H,2H2,1H3. The maximum atomic E-state index is 8.00. The molecule has 42 valence electrons. The van der Waals surface area contributed by atoms with Gasteiger partial charge in [0.05, 0.1) is 23.9 Å². The molecule has 0 radical (unpaired) electrons. The molecule has 0 aromatic heterocycles. The third-order valence-corrected chi connectivity index (χ3v) is 0.708. The van der Waals surface area contributed by atoms with Crippen LogP contribution in [0, 0.1) is 22.1 Å². The topological polar surface area (TPSA) is 71.5 Å². The van der Waals surface area contributed by atoms with Gasteiger partial charge >= 0.3 is 0 Å². The summed E-state index contributed by atoms with van der Waals surface area (Å²) in [6.45, 7) is 1.50. The number of hydrogen-bond acceptors (Lipinski definition) is 3. The van der Waals surface area contributed by atoms with Crippen molar-refractivity contribution in [3.63, 3.8) is 0 Å². The molecule has 0 heterocycles. The molecule has 0 aromatic carbocycles. The van der Waals surface area contributed by atoms with E-state index in [1.165, 1.54) is 6.92 Å². The molecule has 0 rings (SSSR count). The zero-order valence-electron chi connectivity index (χ0n) is 4.65. The lowest BCUT2D eigenvalue weighted by Gasteiger charge is -1.89. The molecule has 0 aliphatic carbocycles. The minimum absolute atomic E-state index is 0.0509. The zero-order chi connectivity index (χ0) is 6.57. The zero-order valence-corrected chi connectivity index (χ0v) is 4.65. The maximum absolute atomic E-state index is 8.00. The molecule has 0 aliphatic rings. The van der Waals surface area contributed by atoms with Gasteiger partial charge < -0.3 is 10.8 Å². The second kappa shape index (κ2) is 2.92. The van der Waals surface area contributed by atoms with Crippen LogP contribution in [0.3, 0.4) is 0 Å². The highest BCUT2D eigenvalue weighted by Crippen LogP contribution is 1.81. The van der Waals surface area contributed by atoms with E-state index in [4.69, 9.17) is 16.1 Å². The number of nitrogens with one attached hydrogen (secondary N) is 2. The third-order valence-electron chi connectivity index (χ3n) is 0.708. The summed E-state index contributed by atoms with van der Waals surface area (Å²) in [5.74, 6) is 0. The van der Waals surface area contributed by atoms with Gasteiger partial charge in [0, 0.05) is 0 Å². The van der Waals surface area contributed by atoms with Crippen molar-refractivity contribution in [3.05, 3.63) is 0 Å². The molecular formula is C5H7N3. The van der Waals surface area contributed by atoms with Crippen molar-refractivity contribution in [2.45, 2.75) is 13.3 Å². The predicted octanol–water partition coefficient (Wildman–Crippen LogP) is 0.960. The Balaban J connectivity index is 3.71. The Kier molecular flexibility index (Phi) is 2.49. The maximum Gasteiger partial charge on any atom is 0.0785 e. The van der Waals surface area contributed by atoms with Gasteiger partial charge in [0.1, 0.15) is 0 Å². The Morgan fingerprint density at radius 2 is 2.12 bits per heavy atom.